The molecule has 96 valence electrons. The minimum absolute atomic E-state index is 0.220. The van der Waals surface area contributed by atoms with E-state index in [1.165, 1.54) is 6.07 Å². The third kappa shape index (κ3) is 1.89. The Kier molecular flexibility index (Phi) is 2.95. The quantitative estimate of drug-likeness (QED) is 0.723. The molecule has 0 fully saturated rings. The first-order chi connectivity index (χ1) is 9.09. The molecule has 1 aromatic carbocycles. The molecule has 0 aliphatic carbocycles. The first-order valence-corrected chi connectivity index (χ1v) is 6.63. The van der Waals surface area contributed by atoms with Crippen molar-refractivity contribution in [3.8, 4) is 11.3 Å². The normalized spacial score (nSPS) is 11.1. The maximum Gasteiger partial charge on any atom is 0.153 e. The van der Waals surface area contributed by atoms with Crippen LogP contribution < -0.4 is 5.73 Å². The van der Waals surface area contributed by atoms with E-state index >= 15 is 0 Å². The minimum atomic E-state index is -0.446. The summed E-state index contributed by atoms with van der Waals surface area (Å²) in [5, 5.41) is 0.284. The zero-order valence-electron chi connectivity index (χ0n) is 9.57. The summed E-state index contributed by atoms with van der Waals surface area (Å²) in [5.74, 6) is -0.0953. The molecular formula is C13H8BrClFN3. The van der Waals surface area contributed by atoms with Crippen molar-refractivity contribution in [2.45, 2.75) is 0 Å². The van der Waals surface area contributed by atoms with Gasteiger partial charge in [0.25, 0.3) is 0 Å². The van der Waals surface area contributed by atoms with Gasteiger partial charge in [0.2, 0.25) is 0 Å². The van der Waals surface area contributed by atoms with E-state index in [4.69, 9.17) is 17.3 Å². The van der Waals surface area contributed by atoms with E-state index in [1.54, 1.807) is 22.7 Å². The molecule has 3 nitrogen and oxygen atoms in total. The van der Waals surface area contributed by atoms with E-state index in [9.17, 15) is 4.39 Å². The molecule has 0 bridgehead atoms. The molecule has 0 radical (unpaired) electrons. The van der Waals surface area contributed by atoms with Crippen molar-refractivity contribution in [2.24, 2.45) is 0 Å². The van der Waals surface area contributed by atoms with E-state index in [-0.39, 0.29) is 10.6 Å². The van der Waals surface area contributed by atoms with Gasteiger partial charge >= 0.3 is 0 Å². The Bertz CT molecular complexity index is 765. The second-order valence-corrected chi connectivity index (χ2v) is 5.25. The molecule has 6 heteroatoms. The van der Waals surface area contributed by atoms with Crippen LogP contribution in [0.15, 0.2) is 41.0 Å². The summed E-state index contributed by atoms with van der Waals surface area (Å²) in [4.78, 5) is 4.37. The average molecular weight is 341 g/mol. The number of anilines is 1. The van der Waals surface area contributed by atoms with Crippen molar-refractivity contribution in [1.29, 1.82) is 0 Å². The number of halogens is 3. The standard InChI is InChI=1S/C13H8BrClFN3/c14-7-3-2-6-19-12(17)11(18-13(7)19)10-8(15)4-1-5-9(10)16/h1-6H,17H2. The Morgan fingerprint density at radius 2 is 2.05 bits per heavy atom. The second-order valence-electron chi connectivity index (χ2n) is 3.99. The second kappa shape index (κ2) is 4.51. The van der Waals surface area contributed by atoms with Gasteiger partial charge in [-0.15, -0.1) is 0 Å². The first-order valence-electron chi connectivity index (χ1n) is 5.46. The number of nitrogen functional groups attached to an aromatic ring is 1. The first kappa shape index (κ1) is 12.4. The Balaban J connectivity index is 2.38. The summed E-state index contributed by atoms with van der Waals surface area (Å²) in [5.41, 5.74) is 7.21. The van der Waals surface area contributed by atoms with E-state index in [2.05, 4.69) is 20.9 Å². The third-order valence-electron chi connectivity index (χ3n) is 2.84. The summed E-state index contributed by atoms with van der Waals surface area (Å²) in [7, 11) is 0. The topological polar surface area (TPSA) is 43.3 Å². The molecule has 0 amide bonds. The summed E-state index contributed by atoms with van der Waals surface area (Å²) in [6.07, 6.45) is 1.76. The number of benzene rings is 1. The lowest BCUT2D eigenvalue weighted by atomic mass is 10.1. The van der Waals surface area contributed by atoms with Gasteiger partial charge in [0.1, 0.15) is 17.3 Å². The Morgan fingerprint density at radius 3 is 2.74 bits per heavy atom. The van der Waals surface area contributed by atoms with Crippen molar-refractivity contribution in [3.63, 3.8) is 0 Å². The maximum absolute atomic E-state index is 13.9. The van der Waals surface area contributed by atoms with Gasteiger partial charge in [-0.05, 0) is 40.2 Å². The van der Waals surface area contributed by atoms with E-state index in [0.717, 1.165) is 4.47 Å². The molecule has 0 saturated carbocycles. The van der Waals surface area contributed by atoms with E-state index in [0.29, 0.717) is 17.2 Å². The lowest BCUT2D eigenvalue weighted by Crippen LogP contribution is -1.95. The van der Waals surface area contributed by atoms with Gasteiger partial charge in [-0.1, -0.05) is 17.7 Å². The summed E-state index contributed by atoms with van der Waals surface area (Å²) >= 11 is 9.44. The SMILES string of the molecule is Nc1c(-c2c(F)cccc2Cl)nc2c(Br)cccn12. The highest BCUT2D eigenvalue weighted by Crippen LogP contribution is 2.35. The molecule has 0 saturated heterocycles. The highest BCUT2D eigenvalue weighted by Gasteiger charge is 2.18. The molecule has 2 N–H and O–H groups in total. The van der Waals surface area contributed by atoms with Crippen LogP contribution in [0.5, 0.6) is 0 Å². The number of fused-ring (bicyclic) bond motifs is 1. The van der Waals surface area contributed by atoms with Crippen molar-refractivity contribution >= 4 is 39.0 Å². The number of nitrogens with two attached hydrogens (primary N) is 1. The van der Waals surface area contributed by atoms with E-state index in [1.807, 2.05) is 12.1 Å². The summed E-state index contributed by atoms with van der Waals surface area (Å²) in [6, 6.07) is 8.15. The van der Waals surface area contributed by atoms with Crippen LogP contribution in [0.2, 0.25) is 5.02 Å². The predicted octanol–water partition coefficient (Wildman–Crippen LogP) is 4.14. The van der Waals surface area contributed by atoms with Crippen LogP contribution in [0.25, 0.3) is 16.9 Å². The zero-order chi connectivity index (χ0) is 13.6. The maximum atomic E-state index is 13.9. The van der Waals surface area contributed by atoms with Gasteiger partial charge in [0, 0.05) is 6.20 Å². The number of hydrogen-bond acceptors (Lipinski definition) is 2. The molecule has 3 aromatic rings. The summed E-state index contributed by atoms with van der Waals surface area (Å²) in [6.45, 7) is 0. The van der Waals surface area contributed by atoms with Crippen LogP contribution in [-0.4, -0.2) is 9.38 Å². The van der Waals surface area contributed by atoms with Gasteiger partial charge in [0.05, 0.1) is 15.1 Å². The molecule has 3 rings (SSSR count). The average Bonchev–Trinajstić information content (AvgIpc) is 2.69. The van der Waals surface area contributed by atoms with Crippen molar-refractivity contribution in [1.82, 2.24) is 9.38 Å². The van der Waals surface area contributed by atoms with Crippen LogP contribution in [0, 0.1) is 5.82 Å². The van der Waals surface area contributed by atoms with E-state index < -0.39 is 5.82 Å². The largest absolute Gasteiger partial charge is 0.383 e. The molecule has 0 aliphatic heterocycles. The Labute approximate surface area is 122 Å². The van der Waals surface area contributed by atoms with Crippen LogP contribution in [0.1, 0.15) is 0 Å². The van der Waals surface area contributed by atoms with Crippen LogP contribution in [-0.2, 0) is 0 Å². The monoisotopic (exact) mass is 339 g/mol. The predicted molar refractivity (Wildman–Crippen MR) is 77.7 cm³/mol. The van der Waals surface area contributed by atoms with Crippen molar-refractivity contribution in [3.05, 3.63) is 51.8 Å². The number of imidazole rings is 1. The zero-order valence-corrected chi connectivity index (χ0v) is 11.9. The van der Waals surface area contributed by atoms with Gasteiger partial charge in [-0.25, -0.2) is 9.37 Å². The highest BCUT2D eigenvalue weighted by atomic mass is 79.9. The number of nitrogens with zero attached hydrogens (tertiary/aromatic N) is 2. The molecule has 19 heavy (non-hydrogen) atoms. The number of aromatic nitrogens is 2. The lowest BCUT2D eigenvalue weighted by Gasteiger charge is -2.03. The van der Waals surface area contributed by atoms with Gasteiger partial charge in [-0.3, -0.25) is 4.40 Å². The fraction of sp³-hybridized carbons (Fsp3) is 0. The molecule has 2 aromatic heterocycles. The number of rotatable bonds is 1. The minimum Gasteiger partial charge on any atom is -0.383 e. The number of hydrogen-bond donors (Lipinski definition) is 1. The van der Waals surface area contributed by atoms with Crippen molar-refractivity contribution in [2.75, 3.05) is 5.73 Å². The molecule has 0 spiro atoms. The van der Waals surface area contributed by atoms with Gasteiger partial charge < -0.3 is 5.73 Å². The smallest absolute Gasteiger partial charge is 0.153 e. The van der Waals surface area contributed by atoms with Gasteiger partial charge in [-0.2, -0.15) is 0 Å². The molecule has 0 atom stereocenters. The van der Waals surface area contributed by atoms with Crippen molar-refractivity contribution < 1.29 is 4.39 Å². The Hall–Kier alpha value is -1.59. The fourth-order valence-corrected chi connectivity index (χ4v) is 2.65. The van der Waals surface area contributed by atoms with Crippen LogP contribution >= 0.6 is 27.5 Å². The lowest BCUT2D eigenvalue weighted by molar-refractivity contribution is 0.631. The fourth-order valence-electron chi connectivity index (χ4n) is 1.96. The highest BCUT2D eigenvalue weighted by molar-refractivity contribution is 9.10. The van der Waals surface area contributed by atoms with Crippen LogP contribution in [0.3, 0.4) is 0 Å². The molecular weight excluding hydrogens is 333 g/mol. The van der Waals surface area contributed by atoms with Gasteiger partial charge in [0.15, 0.2) is 5.65 Å². The Morgan fingerprint density at radius 1 is 1.26 bits per heavy atom. The molecule has 2 heterocycles. The molecule has 0 unspecified atom stereocenters. The van der Waals surface area contributed by atoms with Crippen LogP contribution in [0.4, 0.5) is 10.2 Å². The molecule has 0 aliphatic rings. The summed E-state index contributed by atoms with van der Waals surface area (Å²) < 4.78 is 16.4. The third-order valence-corrected chi connectivity index (χ3v) is 3.77. The number of pyridine rings is 1.